The minimum absolute atomic E-state index is 0.117. The second-order valence-corrected chi connectivity index (χ2v) is 5.72. The van der Waals surface area contributed by atoms with Crippen molar-refractivity contribution < 1.29 is 14.3 Å². The van der Waals surface area contributed by atoms with Crippen LogP contribution in [0.3, 0.4) is 0 Å². The highest BCUT2D eigenvalue weighted by molar-refractivity contribution is 9.10. The molecular weight excluding hydrogens is 336 g/mol. The number of nitrogens with one attached hydrogen (secondary N) is 1. The van der Waals surface area contributed by atoms with E-state index in [1.165, 1.54) is 0 Å². The predicted molar refractivity (Wildman–Crippen MR) is 86.3 cm³/mol. The molecule has 3 N–H and O–H groups in total. The van der Waals surface area contributed by atoms with Crippen molar-refractivity contribution in [2.24, 2.45) is 5.73 Å². The van der Waals surface area contributed by atoms with Gasteiger partial charge in [0.1, 0.15) is 5.75 Å². The van der Waals surface area contributed by atoms with Gasteiger partial charge in [-0.3, -0.25) is 4.79 Å². The first-order valence-corrected chi connectivity index (χ1v) is 7.67. The summed E-state index contributed by atoms with van der Waals surface area (Å²) < 4.78 is 11.0. The first kappa shape index (κ1) is 17.9. The van der Waals surface area contributed by atoms with E-state index in [-0.39, 0.29) is 11.9 Å². The largest absolute Gasteiger partial charge is 0.496 e. The van der Waals surface area contributed by atoms with E-state index >= 15 is 0 Å². The molecule has 1 amide bonds. The fourth-order valence-electron chi connectivity index (χ4n) is 1.93. The van der Waals surface area contributed by atoms with Gasteiger partial charge in [-0.1, -0.05) is 6.07 Å². The Labute approximate surface area is 134 Å². The van der Waals surface area contributed by atoms with E-state index in [2.05, 4.69) is 21.2 Å². The highest BCUT2D eigenvalue weighted by Crippen LogP contribution is 2.27. The van der Waals surface area contributed by atoms with E-state index in [1.54, 1.807) is 14.2 Å². The summed E-state index contributed by atoms with van der Waals surface area (Å²) in [5.74, 6) is 0.610. The van der Waals surface area contributed by atoms with Gasteiger partial charge in [0, 0.05) is 13.7 Å². The van der Waals surface area contributed by atoms with Gasteiger partial charge in [-0.15, -0.1) is 0 Å². The van der Waals surface area contributed by atoms with Gasteiger partial charge in [0.25, 0.3) is 0 Å². The third kappa shape index (κ3) is 5.65. The Kier molecular flexibility index (Phi) is 7.71. The first-order valence-electron chi connectivity index (χ1n) is 6.88. The van der Waals surface area contributed by atoms with Gasteiger partial charge in [-0.25, -0.2) is 0 Å². The lowest BCUT2D eigenvalue weighted by Crippen LogP contribution is -2.41. The van der Waals surface area contributed by atoms with Crippen LogP contribution < -0.4 is 15.8 Å². The van der Waals surface area contributed by atoms with Gasteiger partial charge < -0.3 is 20.5 Å². The molecule has 21 heavy (non-hydrogen) atoms. The van der Waals surface area contributed by atoms with Crippen molar-refractivity contribution in [3.63, 3.8) is 0 Å². The summed E-state index contributed by atoms with van der Waals surface area (Å²) in [6.45, 7) is 2.54. The molecule has 1 rings (SSSR count). The van der Waals surface area contributed by atoms with Gasteiger partial charge in [-0.05, 0) is 53.4 Å². The summed E-state index contributed by atoms with van der Waals surface area (Å²) in [4.78, 5) is 12.0. The highest BCUT2D eigenvalue weighted by atomic mass is 79.9. The Morgan fingerprint density at radius 2 is 2.14 bits per heavy atom. The van der Waals surface area contributed by atoms with Crippen molar-refractivity contribution in [1.29, 1.82) is 0 Å². The highest BCUT2D eigenvalue weighted by Gasteiger charge is 2.17. The molecule has 0 aliphatic heterocycles. The Morgan fingerprint density at radius 3 is 2.71 bits per heavy atom. The molecule has 0 heterocycles. The molecule has 1 aromatic carbocycles. The number of halogens is 1. The maximum atomic E-state index is 12.0. The van der Waals surface area contributed by atoms with Crippen molar-refractivity contribution in [2.45, 2.75) is 31.8 Å². The molecule has 0 aliphatic carbocycles. The number of rotatable bonds is 8. The molecule has 5 nitrogen and oxygen atoms in total. The number of hydrogen-bond donors (Lipinski definition) is 2. The zero-order valence-corrected chi connectivity index (χ0v) is 14.3. The van der Waals surface area contributed by atoms with Crippen molar-refractivity contribution in [2.75, 3.05) is 20.8 Å². The number of ether oxygens (including phenoxy) is 2. The van der Waals surface area contributed by atoms with Crippen molar-refractivity contribution in [3.8, 4) is 5.75 Å². The number of benzene rings is 1. The summed E-state index contributed by atoms with van der Waals surface area (Å²) in [6, 6.07) is 5.09. The maximum absolute atomic E-state index is 12.0. The Hall–Kier alpha value is -1.11. The smallest absolute Gasteiger partial charge is 0.237 e. The molecular formula is C15H23BrN2O3. The molecule has 0 aromatic heterocycles. The predicted octanol–water partition coefficient (Wildman–Crippen LogP) is 2.39. The molecule has 6 heteroatoms. The van der Waals surface area contributed by atoms with Crippen molar-refractivity contribution >= 4 is 21.8 Å². The maximum Gasteiger partial charge on any atom is 0.237 e. The average molecular weight is 359 g/mol. The van der Waals surface area contributed by atoms with E-state index in [0.29, 0.717) is 13.0 Å². The van der Waals surface area contributed by atoms with Crippen LogP contribution in [0.25, 0.3) is 0 Å². The molecule has 0 aliphatic rings. The number of nitrogens with two attached hydrogens (primary N) is 1. The number of amides is 1. The van der Waals surface area contributed by atoms with Crippen LogP contribution in [-0.4, -0.2) is 32.8 Å². The minimum atomic E-state index is -0.510. The van der Waals surface area contributed by atoms with Crippen LogP contribution in [0, 0.1) is 0 Å². The number of carbonyl (C=O) groups is 1. The Balaban J connectivity index is 2.57. The fraction of sp³-hybridized carbons (Fsp3) is 0.533. The normalized spacial score (nSPS) is 13.6. The molecule has 118 valence electrons. The zero-order chi connectivity index (χ0) is 15.8. The summed E-state index contributed by atoms with van der Waals surface area (Å²) >= 11 is 3.44. The van der Waals surface area contributed by atoms with Gasteiger partial charge in [-0.2, -0.15) is 0 Å². The topological polar surface area (TPSA) is 73.6 Å². The van der Waals surface area contributed by atoms with Crippen LogP contribution in [0.15, 0.2) is 22.7 Å². The van der Waals surface area contributed by atoms with E-state index in [1.807, 2.05) is 25.1 Å². The molecule has 0 spiro atoms. The van der Waals surface area contributed by atoms with Crippen molar-refractivity contribution in [3.05, 3.63) is 28.2 Å². The lowest BCUT2D eigenvalue weighted by atomic mass is 10.1. The van der Waals surface area contributed by atoms with E-state index in [0.717, 1.165) is 22.2 Å². The Bertz CT molecular complexity index is 468. The van der Waals surface area contributed by atoms with Crippen LogP contribution in [-0.2, 0) is 9.53 Å². The molecule has 0 saturated carbocycles. The lowest BCUT2D eigenvalue weighted by Gasteiger charge is -2.18. The second kappa shape index (κ2) is 9.02. The molecule has 2 unspecified atom stereocenters. The number of hydrogen-bond acceptors (Lipinski definition) is 4. The number of methoxy groups -OCH3 is 2. The zero-order valence-electron chi connectivity index (χ0n) is 12.7. The van der Waals surface area contributed by atoms with E-state index in [9.17, 15) is 4.79 Å². The Morgan fingerprint density at radius 1 is 1.43 bits per heavy atom. The van der Waals surface area contributed by atoms with Gasteiger partial charge in [0.2, 0.25) is 5.91 Å². The molecule has 0 radical (unpaired) electrons. The molecule has 0 saturated heterocycles. The van der Waals surface area contributed by atoms with Crippen LogP contribution in [0.2, 0.25) is 0 Å². The van der Waals surface area contributed by atoms with Crippen LogP contribution in [0.4, 0.5) is 0 Å². The van der Waals surface area contributed by atoms with Gasteiger partial charge >= 0.3 is 0 Å². The van der Waals surface area contributed by atoms with E-state index in [4.69, 9.17) is 15.2 Å². The average Bonchev–Trinajstić information content (AvgIpc) is 2.47. The molecule has 2 atom stereocenters. The molecule has 1 aromatic rings. The lowest BCUT2D eigenvalue weighted by molar-refractivity contribution is -0.123. The minimum Gasteiger partial charge on any atom is -0.496 e. The summed E-state index contributed by atoms with van der Waals surface area (Å²) in [6.07, 6.45) is 1.38. The molecule has 0 fully saturated rings. The summed E-state index contributed by atoms with van der Waals surface area (Å²) in [7, 11) is 3.25. The van der Waals surface area contributed by atoms with E-state index < -0.39 is 6.04 Å². The van der Waals surface area contributed by atoms with Crippen LogP contribution in [0.1, 0.15) is 31.4 Å². The summed E-state index contributed by atoms with van der Waals surface area (Å²) in [5, 5.41) is 2.92. The van der Waals surface area contributed by atoms with Crippen LogP contribution >= 0.6 is 15.9 Å². The fourth-order valence-corrected chi connectivity index (χ4v) is 2.49. The standard InChI is InChI=1S/C15H23BrN2O3/c1-10(11-6-7-14(21-3)12(16)9-11)18-15(19)13(17)5-4-8-20-2/h6-7,9-10,13H,4-5,8,17H2,1-3H3,(H,18,19). The quantitative estimate of drug-likeness (QED) is 0.699. The van der Waals surface area contributed by atoms with Crippen molar-refractivity contribution in [1.82, 2.24) is 5.32 Å². The summed E-state index contributed by atoms with van der Waals surface area (Å²) in [5.41, 5.74) is 6.85. The molecule has 0 bridgehead atoms. The number of carbonyl (C=O) groups excluding carboxylic acids is 1. The third-order valence-electron chi connectivity index (χ3n) is 3.23. The SMILES string of the molecule is COCCCC(N)C(=O)NC(C)c1ccc(OC)c(Br)c1. The second-order valence-electron chi connectivity index (χ2n) is 4.87. The monoisotopic (exact) mass is 358 g/mol. The third-order valence-corrected chi connectivity index (χ3v) is 3.85. The van der Waals surface area contributed by atoms with Crippen LogP contribution in [0.5, 0.6) is 5.75 Å². The van der Waals surface area contributed by atoms with Gasteiger partial charge in [0.15, 0.2) is 0 Å². The first-order chi connectivity index (χ1) is 9.99. The van der Waals surface area contributed by atoms with Gasteiger partial charge in [0.05, 0.1) is 23.7 Å².